The molecule has 0 aliphatic carbocycles. The van der Waals surface area contributed by atoms with E-state index in [1.807, 2.05) is 6.92 Å². The average Bonchev–Trinajstić information content (AvgIpc) is 2.04. The molecule has 13 heavy (non-hydrogen) atoms. The lowest BCUT2D eigenvalue weighted by Crippen LogP contribution is -2.42. The summed E-state index contributed by atoms with van der Waals surface area (Å²) in [5, 5.41) is 2.71. The predicted octanol–water partition coefficient (Wildman–Crippen LogP) is 0.941. The van der Waals surface area contributed by atoms with E-state index >= 15 is 0 Å². The van der Waals surface area contributed by atoms with Crippen LogP contribution in [0.4, 0.5) is 0 Å². The quantitative estimate of drug-likeness (QED) is 0.509. The number of terminal acetylenes is 1. The van der Waals surface area contributed by atoms with Crippen LogP contribution in [0, 0.1) is 12.3 Å². The van der Waals surface area contributed by atoms with Crippen molar-refractivity contribution in [1.29, 1.82) is 0 Å². The number of ether oxygens (including phenoxy) is 1. The molecule has 0 saturated heterocycles. The summed E-state index contributed by atoms with van der Waals surface area (Å²) in [6.07, 6.45) is 5.57. The molecule has 1 N–H and O–H groups in total. The molecule has 0 bridgehead atoms. The van der Waals surface area contributed by atoms with Crippen molar-refractivity contribution in [2.75, 3.05) is 13.2 Å². The molecule has 0 rings (SSSR count). The third-order valence-corrected chi connectivity index (χ3v) is 1.49. The van der Waals surface area contributed by atoms with E-state index in [1.54, 1.807) is 13.8 Å². The highest BCUT2D eigenvalue weighted by molar-refractivity contribution is 5.77. The van der Waals surface area contributed by atoms with E-state index in [2.05, 4.69) is 11.2 Å². The predicted molar refractivity (Wildman–Crippen MR) is 52.2 cm³/mol. The van der Waals surface area contributed by atoms with E-state index in [0.717, 1.165) is 0 Å². The number of nitrogens with one attached hydrogen (secondary N) is 1. The molecule has 0 fully saturated rings. The average molecular weight is 183 g/mol. The summed E-state index contributed by atoms with van der Waals surface area (Å²) in [6, 6.07) is 0. The van der Waals surface area contributed by atoms with Gasteiger partial charge in [0.25, 0.3) is 0 Å². The number of amides is 1. The normalized spacial score (nSPS) is 10.6. The number of hydrogen-bond donors (Lipinski definition) is 1. The fourth-order valence-electron chi connectivity index (χ4n) is 0.756. The smallest absolute Gasteiger partial charge is 0.223 e. The summed E-state index contributed by atoms with van der Waals surface area (Å²) < 4.78 is 5.04. The molecule has 0 radical (unpaired) electrons. The fourth-order valence-corrected chi connectivity index (χ4v) is 0.756. The van der Waals surface area contributed by atoms with E-state index in [-0.39, 0.29) is 5.91 Å². The lowest BCUT2D eigenvalue weighted by molar-refractivity contribution is -0.123. The zero-order valence-electron chi connectivity index (χ0n) is 8.52. The Morgan fingerprint density at radius 3 is 2.69 bits per heavy atom. The van der Waals surface area contributed by atoms with Gasteiger partial charge in [-0.05, 0) is 20.8 Å². The summed E-state index contributed by atoms with van der Waals surface area (Å²) in [5.74, 6) is 2.42. The Hall–Kier alpha value is -1.01. The van der Waals surface area contributed by atoms with Gasteiger partial charge in [0.05, 0.1) is 12.1 Å². The highest BCUT2D eigenvalue weighted by Gasteiger charge is 2.15. The van der Waals surface area contributed by atoms with Gasteiger partial charge in [0.1, 0.15) is 0 Å². The van der Waals surface area contributed by atoms with Gasteiger partial charge in [0, 0.05) is 13.0 Å². The molecule has 0 aromatic carbocycles. The molecule has 0 atom stereocenters. The Labute approximate surface area is 79.8 Å². The monoisotopic (exact) mass is 183 g/mol. The second kappa shape index (κ2) is 5.60. The number of hydrogen-bond acceptors (Lipinski definition) is 2. The first-order valence-corrected chi connectivity index (χ1v) is 4.38. The number of rotatable bonds is 5. The van der Waals surface area contributed by atoms with Crippen LogP contribution in [0.25, 0.3) is 0 Å². The molecular weight excluding hydrogens is 166 g/mol. The second-order valence-corrected chi connectivity index (χ2v) is 3.26. The van der Waals surface area contributed by atoms with Crippen molar-refractivity contribution < 1.29 is 9.53 Å². The van der Waals surface area contributed by atoms with Gasteiger partial charge in [-0.3, -0.25) is 4.79 Å². The van der Waals surface area contributed by atoms with Gasteiger partial charge in [-0.15, -0.1) is 6.42 Å². The van der Waals surface area contributed by atoms with Crippen LogP contribution in [0.3, 0.4) is 0 Å². The zero-order chi connectivity index (χ0) is 10.3. The highest BCUT2D eigenvalue weighted by Crippen LogP contribution is 1.99. The first-order valence-electron chi connectivity index (χ1n) is 4.38. The minimum absolute atomic E-state index is 0.0728. The molecule has 0 unspecified atom stereocenters. The van der Waals surface area contributed by atoms with Crippen molar-refractivity contribution >= 4 is 5.91 Å². The minimum Gasteiger partial charge on any atom is -0.381 e. The highest BCUT2D eigenvalue weighted by atomic mass is 16.5. The van der Waals surface area contributed by atoms with Crippen LogP contribution >= 0.6 is 0 Å². The van der Waals surface area contributed by atoms with Gasteiger partial charge < -0.3 is 10.1 Å². The first-order chi connectivity index (χ1) is 6.02. The van der Waals surface area contributed by atoms with Crippen LogP contribution in [0.15, 0.2) is 0 Å². The molecule has 3 nitrogen and oxygen atoms in total. The summed E-state index contributed by atoms with van der Waals surface area (Å²) in [5.41, 5.74) is -0.566. The van der Waals surface area contributed by atoms with E-state index in [1.165, 1.54) is 0 Å². The van der Waals surface area contributed by atoms with Gasteiger partial charge in [0.2, 0.25) is 5.91 Å². The zero-order valence-corrected chi connectivity index (χ0v) is 8.52. The summed E-state index contributed by atoms with van der Waals surface area (Å²) in [7, 11) is 0. The third-order valence-electron chi connectivity index (χ3n) is 1.49. The molecule has 0 saturated carbocycles. The summed E-state index contributed by atoms with van der Waals surface area (Å²) in [6.45, 7) is 6.54. The van der Waals surface area contributed by atoms with E-state index < -0.39 is 5.54 Å². The van der Waals surface area contributed by atoms with Crippen LogP contribution in [-0.2, 0) is 9.53 Å². The maximum Gasteiger partial charge on any atom is 0.223 e. The first kappa shape index (κ1) is 12.0. The van der Waals surface area contributed by atoms with Gasteiger partial charge in [0.15, 0.2) is 0 Å². The Balaban J connectivity index is 3.70. The summed E-state index contributed by atoms with van der Waals surface area (Å²) >= 11 is 0. The van der Waals surface area contributed by atoms with E-state index in [0.29, 0.717) is 19.6 Å². The Kier molecular flexibility index (Phi) is 5.17. The van der Waals surface area contributed by atoms with Crippen LogP contribution < -0.4 is 5.32 Å². The van der Waals surface area contributed by atoms with Crippen molar-refractivity contribution in [1.82, 2.24) is 5.32 Å². The number of carbonyl (C=O) groups excluding carboxylic acids is 1. The fraction of sp³-hybridized carbons (Fsp3) is 0.700. The molecule has 0 spiro atoms. The van der Waals surface area contributed by atoms with Crippen molar-refractivity contribution in [3.63, 3.8) is 0 Å². The van der Waals surface area contributed by atoms with Crippen LogP contribution in [0.2, 0.25) is 0 Å². The molecule has 0 aliphatic heterocycles. The van der Waals surface area contributed by atoms with Crippen LogP contribution in [-0.4, -0.2) is 24.7 Å². The van der Waals surface area contributed by atoms with Crippen molar-refractivity contribution in [2.45, 2.75) is 32.7 Å². The molecule has 0 aromatic heterocycles. The molecule has 0 aromatic rings. The van der Waals surface area contributed by atoms with Crippen LogP contribution in [0.1, 0.15) is 27.2 Å². The SMILES string of the molecule is C#CC(C)(C)NC(=O)CCOCC. The molecule has 0 heterocycles. The Bertz CT molecular complexity index is 203. The molecule has 0 aliphatic rings. The van der Waals surface area contributed by atoms with Gasteiger partial charge in [-0.1, -0.05) is 5.92 Å². The maximum atomic E-state index is 11.2. The van der Waals surface area contributed by atoms with E-state index in [9.17, 15) is 4.79 Å². The van der Waals surface area contributed by atoms with Gasteiger partial charge >= 0.3 is 0 Å². The molecule has 74 valence electrons. The second-order valence-electron chi connectivity index (χ2n) is 3.26. The standard InChI is InChI=1S/C10H17NO2/c1-5-10(3,4)11-9(12)7-8-13-6-2/h1H,6-8H2,2-4H3,(H,11,12). The van der Waals surface area contributed by atoms with E-state index in [4.69, 9.17) is 11.2 Å². The maximum absolute atomic E-state index is 11.2. The van der Waals surface area contributed by atoms with Crippen molar-refractivity contribution in [3.05, 3.63) is 0 Å². The number of carbonyl (C=O) groups is 1. The molecule has 1 amide bonds. The molecular formula is C10H17NO2. The minimum atomic E-state index is -0.566. The summed E-state index contributed by atoms with van der Waals surface area (Å²) in [4.78, 5) is 11.2. The Morgan fingerprint density at radius 1 is 1.62 bits per heavy atom. The largest absolute Gasteiger partial charge is 0.381 e. The van der Waals surface area contributed by atoms with Crippen molar-refractivity contribution in [3.8, 4) is 12.3 Å². The van der Waals surface area contributed by atoms with Crippen molar-refractivity contribution in [2.24, 2.45) is 0 Å². The topological polar surface area (TPSA) is 38.3 Å². The third kappa shape index (κ3) is 6.18. The Morgan fingerprint density at radius 2 is 2.23 bits per heavy atom. The van der Waals surface area contributed by atoms with Crippen LogP contribution in [0.5, 0.6) is 0 Å². The molecule has 3 heteroatoms. The lowest BCUT2D eigenvalue weighted by Gasteiger charge is -2.19. The lowest BCUT2D eigenvalue weighted by atomic mass is 10.1. The van der Waals surface area contributed by atoms with Gasteiger partial charge in [-0.2, -0.15) is 0 Å². The van der Waals surface area contributed by atoms with Gasteiger partial charge in [-0.25, -0.2) is 0 Å².